The summed E-state index contributed by atoms with van der Waals surface area (Å²) in [7, 11) is 0. The number of anilines is 1. The number of morpholine rings is 1. The molecular weight excluding hydrogens is 340 g/mol. The minimum absolute atomic E-state index is 0.137. The van der Waals surface area contributed by atoms with Crippen molar-refractivity contribution in [2.45, 2.75) is 0 Å². The van der Waals surface area contributed by atoms with Gasteiger partial charge >= 0.3 is 0 Å². The summed E-state index contributed by atoms with van der Waals surface area (Å²) in [6, 6.07) is 9.23. The molecule has 0 radical (unpaired) electrons. The van der Waals surface area contributed by atoms with E-state index in [-0.39, 0.29) is 5.11 Å². The molecule has 2 amide bonds. The predicted octanol–water partition coefficient (Wildman–Crippen LogP) is 1.02. The average Bonchev–Trinajstić information content (AvgIpc) is 2.63. The van der Waals surface area contributed by atoms with E-state index in [9.17, 15) is 9.59 Å². The van der Waals surface area contributed by atoms with Crippen molar-refractivity contribution < 1.29 is 14.3 Å². The van der Waals surface area contributed by atoms with Gasteiger partial charge in [-0.25, -0.2) is 0 Å². The lowest BCUT2D eigenvalue weighted by atomic mass is 9.94. The number of nitrogens with two attached hydrogens (primary N) is 1. The average molecular weight is 356 g/mol. The quantitative estimate of drug-likeness (QED) is 0.613. The van der Waals surface area contributed by atoms with Gasteiger partial charge in [0.25, 0.3) is 11.8 Å². The molecule has 4 rings (SSSR count). The van der Waals surface area contributed by atoms with Crippen LogP contribution < -0.4 is 16.1 Å². The molecule has 2 aromatic rings. The van der Waals surface area contributed by atoms with Crippen molar-refractivity contribution in [1.82, 2.24) is 10.4 Å². The van der Waals surface area contributed by atoms with E-state index in [1.54, 1.807) is 12.1 Å². The fraction of sp³-hybridized carbons (Fsp3) is 0.235. The summed E-state index contributed by atoms with van der Waals surface area (Å²) in [5.74, 6) is -0.924. The van der Waals surface area contributed by atoms with Crippen LogP contribution in [0, 0.1) is 0 Å². The van der Waals surface area contributed by atoms with E-state index >= 15 is 0 Å². The Morgan fingerprint density at radius 2 is 1.84 bits per heavy atom. The van der Waals surface area contributed by atoms with Gasteiger partial charge in [0.2, 0.25) is 0 Å². The molecule has 0 atom stereocenters. The molecule has 1 fully saturated rings. The third-order valence-corrected chi connectivity index (χ3v) is 4.52. The second kappa shape index (κ2) is 5.98. The Bertz CT molecular complexity index is 908. The topological polar surface area (TPSA) is 87.9 Å². The summed E-state index contributed by atoms with van der Waals surface area (Å²) in [6.45, 7) is 2.81. The van der Waals surface area contributed by atoms with Crippen molar-refractivity contribution in [3.63, 3.8) is 0 Å². The zero-order chi connectivity index (χ0) is 17.6. The number of carbonyl (C=O) groups excluding carboxylic acids is 2. The number of thiocarbonyl (C=S) groups is 1. The number of hydrazine groups is 1. The van der Waals surface area contributed by atoms with E-state index in [4.69, 9.17) is 22.7 Å². The highest BCUT2D eigenvalue weighted by molar-refractivity contribution is 7.80. The molecule has 2 aliphatic rings. The fourth-order valence-electron chi connectivity index (χ4n) is 3.31. The van der Waals surface area contributed by atoms with Gasteiger partial charge in [-0.05, 0) is 35.8 Å². The number of hydrogen-bond acceptors (Lipinski definition) is 5. The normalized spacial score (nSPS) is 17.1. The second-order valence-electron chi connectivity index (χ2n) is 5.92. The first-order chi connectivity index (χ1) is 12.1. The van der Waals surface area contributed by atoms with Gasteiger partial charge in [-0.3, -0.25) is 15.0 Å². The first-order valence-corrected chi connectivity index (χ1v) is 8.31. The summed E-state index contributed by atoms with van der Waals surface area (Å²) >= 11 is 4.79. The van der Waals surface area contributed by atoms with Crippen molar-refractivity contribution in [2.24, 2.45) is 5.73 Å². The number of hydrogen-bond donors (Lipinski definition) is 2. The van der Waals surface area contributed by atoms with E-state index < -0.39 is 11.8 Å². The van der Waals surface area contributed by atoms with E-state index in [0.29, 0.717) is 29.7 Å². The van der Waals surface area contributed by atoms with Crippen molar-refractivity contribution in [3.05, 3.63) is 41.5 Å². The van der Waals surface area contributed by atoms with Gasteiger partial charge in [-0.1, -0.05) is 12.1 Å². The zero-order valence-corrected chi connectivity index (χ0v) is 14.1. The Labute approximate surface area is 149 Å². The van der Waals surface area contributed by atoms with E-state index in [2.05, 4.69) is 10.3 Å². The molecule has 0 saturated carbocycles. The number of amides is 2. The molecule has 3 N–H and O–H groups in total. The molecule has 25 heavy (non-hydrogen) atoms. The number of nitrogens with one attached hydrogen (secondary N) is 1. The molecule has 0 unspecified atom stereocenters. The molecule has 1 saturated heterocycles. The van der Waals surface area contributed by atoms with Crippen LogP contribution in [0.25, 0.3) is 10.8 Å². The maximum absolute atomic E-state index is 12.9. The Morgan fingerprint density at radius 1 is 1.12 bits per heavy atom. The van der Waals surface area contributed by atoms with Gasteiger partial charge in [0.15, 0.2) is 5.11 Å². The van der Waals surface area contributed by atoms with Crippen LogP contribution in [0.5, 0.6) is 0 Å². The first-order valence-electron chi connectivity index (χ1n) is 7.90. The van der Waals surface area contributed by atoms with E-state index in [1.807, 2.05) is 18.2 Å². The molecule has 128 valence electrons. The summed E-state index contributed by atoms with van der Waals surface area (Å²) in [4.78, 5) is 27.7. The molecule has 2 heterocycles. The number of ether oxygens (including phenoxy) is 1. The molecule has 0 aromatic heterocycles. The van der Waals surface area contributed by atoms with Gasteiger partial charge in [-0.15, -0.1) is 0 Å². The highest BCUT2D eigenvalue weighted by Gasteiger charge is 2.34. The van der Waals surface area contributed by atoms with Crippen LogP contribution in [-0.4, -0.2) is 48.2 Å². The lowest BCUT2D eigenvalue weighted by molar-refractivity contribution is 0.0567. The van der Waals surface area contributed by atoms with Gasteiger partial charge in [0.1, 0.15) is 0 Å². The number of nitrogens with zero attached hydrogens (tertiary/aromatic N) is 2. The molecule has 2 aliphatic heterocycles. The van der Waals surface area contributed by atoms with Crippen LogP contribution in [0.4, 0.5) is 5.69 Å². The molecule has 0 bridgehead atoms. The van der Waals surface area contributed by atoms with Crippen LogP contribution in [-0.2, 0) is 4.74 Å². The van der Waals surface area contributed by atoms with Gasteiger partial charge in [0, 0.05) is 24.2 Å². The van der Waals surface area contributed by atoms with Crippen LogP contribution in [0.15, 0.2) is 30.3 Å². The Balaban J connectivity index is 1.88. The highest BCUT2D eigenvalue weighted by Crippen LogP contribution is 2.33. The Kier molecular flexibility index (Phi) is 3.78. The lowest BCUT2D eigenvalue weighted by Crippen LogP contribution is -2.53. The van der Waals surface area contributed by atoms with Crippen LogP contribution >= 0.6 is 12.2 Å². The van der Waals surface area contributed by atoms with Crippen LogP contribution in [0.2, 0.25) is 0 Å². The summed E-state index contributed by atoms with van der Waals surface area (Å²) < 4.78 is 5.39. The van der Waals surface area contributed by atoms with Crippen molar-refractivity contribution in [1.29, 1.82) is 0 Å². The van der Waals surface area contributed by atoms with Crippen molar-refractivity contribution in [2.75, 3.05) is 31.2 Å². The van der Waals surface area contributed by atoms with Crippen LogP contribution in [0.3, 0.4) is 0 Å². The number of benzene rings is 2. The van der Waals surface area contributed by atoms with E-state index in [0.717, 1.165) is 29.2 Å². The van der Waals surface area contributed by atoms with Crippen LogP contribution in [0.1, 0.15) is 20.7 Å². The fourth-order valence-corrected chi connectivity index (χ4v) is 3.40. The maximum Gasteiger partial charge on any atom is 0.280 e. The molecular formula is C17H16N4O3S. The molecule has 7 nitrogen and oxygen atoms in total. The molecule has 0 spiro atoms. The van der Waals surface area contributed by atoms with E-state index in [1.165, 1.54) is 0 Å². The standard InChI is InChI=1S/C17H16N4O3S/c18-17(25)19-21-15(22)12-3-1-2-10-8-11(20-4-6-24-7-5-20)9-13(14(10)12)16(21)23/h1-3,8-9H,4-7H2,(H3,18,19,25). The predicted molar refractivity (Wildman–Crippen MR) is 97.4 cm³/mol. The minimum Gasteiger partial charge on any atom is -0.378 e. The summed E-state index contributed by atoms with van der Waals surface area (Å²) in [5, 5.41) is 2.26. The smallest absolute Gasteiger partial charge is 0.280 e. The lowest BCUT2D eigenvalue weighted by Gasteiger charge is -2.31. The number of imide groups is 1. The number of carbonyl (C=O) groups is 2. The highest BCUT2D eigenvalue weighted by atomic mass is 32.1. The summed E-state index contributed by atoms with van der Waals surface area (Å²) in [6.07, 6.45) is 0. The van der Waals surface area contributed by atoms with Crippen molar-refractivity contribution >= 4 is 45.6 Å². The number of rotatable bonds is 2. The van der Waals surface area contributed by atoms with Gasteiger partial charge < -0.3 is 15.4 Å². The first kappa shape index (κ1) is 15.8. The van der Waals surface area contributed by atoms with Crippen molar-refractivity contribution in [3.8, 4) is 0 Å². The molecule has 2 aromatic carbocycles. The third-order valence-electron chi connectivity index (χ3n) is 4.43. The van der Waals surface area contributed by atoms with Gasteiger partial charge in [-0.2, -0.15) is 5.01 Å². The summed E-state index contributed by atoms with van der Waals surface area (Å²) in [5.41, 5.74) is 9.77. The third kappa shape index (κ3) is 2.59. The monoisotopic (exact) mass is 356 g/mol. The maximum atomic E-state index is 12.9. The Morgan fingerprint density at radius 3 is 2.56 bits per heavy atom. The zero-order valence-electron chi connectivity index (χ0n) is 13.3. The molecule has 0 aliphatic carbocycles. The Hall–Kier alpha value is -2.71. The SMILES string of the molecule is NC(=S)NN1C(=O)c2cccc3cc(N4CCOCC4)cc(c23)C1=O. The van der Waals surface area contributed by atoms with Gasteiger partial charge in [0.05, 0.1) is 24.3 Å². The minimum atomic E-state index is -0.463. The molecule has 8 heteroatoms. The largest absolute Gasteiger partial charge is 0.378 e. The second-order valence-corrected chi connectivity index (χ2v) is 6.36.